The van der Waals surface area contributed by atoms with Crippen LogP contribution < -0.4 is 5.32 Å². The van der Waals surface area contributed by atoms with Crippen molar-refractivity contribution in [3.63, 3.8) is 0 Å². The number of benzene rings is 2. The zero-order valence-electron chi connectivity index (χ0n) is 19.1. The summed E-state index contributed by atoms with van der Waals surface area (Å²) in [6.07, 6.45) is -7.35. The Hall–Kier alpha value is -3.56. The Bertz CT molecular complexity index is 1120. The number of aliphatic carboxylic acids is 1. The fraction of sp³-hybridized carbons (Fsp3) is 0.400. The molecule has 7 nitrogen and oxygen atoms in total. The van der Waals surface area contributed by atoms with Gasteiger partial charge in [-0.05, 0) is 22.3 Å². The number of carboxylic acid groups (broad SMARTS) is 1. The van der Waals surface area contributed by atoms with Crippen molar-refractivity contribution < 1.29 is 37.4 Å². The van der Waals surface area contributed by atoms with Gasteiger partial charge in [0.05, 0.1) is 6.42 Å². The Morgan fingerprint density at radius 1 is 1.09 bits per heavy atom. The van der Waals surface area contributed by atoms with E-state index in [1.54, 1.807) is 19.2 Å². The van der Waals surface area contributed by atoms with Gasteiger partial charge in [-0.15, -0.1) is 0 Å². The number of carbonyl (C=O) groups excluding carboxylic acids is 2. The largest absolute Gasteiger partial charge is 0.480 e. The second-order valence-corrected chi connectivity index (χ2v) is 9.52. The predicted molar refractivity (Wildman–Crippen MR) is 120 cm³/mol. The minimum Gasteiger partial charge on any atom is -0.480 e. The molecule has 0 aromatic heterocycles. The molecule has 2 aliphatic rings. The lowest BCUT2D eigenvalue weighted by atomic mass is 9.74. The standard InChI is InChI=1S/C25H25F3N2O5/c1-24(2)13-30(21(24)22(32)33)20(31)11-19(25(26,27)28)29-23(34)35-12-18-16-9-5-3-7-14(16)15-8-4-6-10-17(15)18/h3-10,18-19,21H,11-13H2,1-2H3,(H,29,34)(H,32,33). The van der Waals surface area contributed by atoms with Crippen LogP contribution in [0.2, 0.25) is 0 Å². The van der Waals surface area contributed by atoms with Crippen LogP contribution >= 0.6 is 0 Å². The highest BCUT2D eigenvalue weighted by Gasteiger charge is 2.54. The molecule has 0 bridgehead atoms. The number of hydrogen-bond donors (Lipinski definition) is 2. The van der Waals surface area contributed by atoms with E-state index in [9.17, 15) is 32.7 Å². The number of nitrogens with one attached hydrogen (secondary N) is 1. The van der Waals surface area contributed by atoms with Crippen LogP contribution in [0.4, 0.5) is 18.0 Å². The normalized spacial score (nSPS) is 19.2. The number of likely N-dealkylation sites (tertiary alicyclic amines) is 1. The highest BCUT2D eigenvalue weighted by Crippen LogP contribution is 2.44. The van der Waals surface area contributed by atoms with Gasteiger partial charge in [-0.1, -0.05) is 62.4 Å². The molecule has 1 heterocycles. The summed E-state index contributed by atoms with van der Waals surface area (Å²) in [6.45, 7) is 3.07. The molecule has 35 heavy (non-hydrogen) atoms. The van der Waals surface area contributed by atoms with E-state index in [2.05, 4.69) is 0 Å². The van der Waals surface area contributed by atoms with Gasteiger partial charge in [-0.2, -0.15) is 13.2 Å². The molecule has 186 valence electrons. The lowest BCUT2D eigenvalue weighted by Gasteiger charge is -2.51. The van der Waals surface area contributed by atoms with Gasteiger partial charge in [-0.25, -0.2) is 9.59 Å². The maximum Gasteiger partial charge on any atom is 0.409 e. The van der Waals surface area contributed by atoms with Crippen LogP contribution in [0.5, 0.6) is 0 Å². The zero-order chi connectivity index (χ0) is 25.5. The molecule has 1 fully saturated rings. The molecule has 0 saturated carbocycles. The van der Waals surface area contributed by atoms with Crippen molar-refractivity contribution in [2.45, 2.75) is 44.4 Å². The van der Waals surface area contributed by atoms with Gasteiger partial charge in [0.15, 0.2) is 0 Å². The molecule has 2 aromatic carbocycles. The van der Waals surface area contributed by atoms with Gasteiger partial charge in [0, 0.05) is 17.9 Å². The first-order chi connectivity index (χ1) is 16.4. The number of rotatable bonds is 6. The number of carboxylic acids is 1. The Morgan fingerprint density at radius 2 is 1.63 bits per heavy atom. The number of halogens is 3. The molecular formula is C25H25F3N2O5. The topological polar surface area (TPSA) is 95.9 Å². The molecule has 0 spiro atoms. The molecule has 10 heteroatoms. The summed E-state index contributed by atoms with van der Waals surface area (Å²) in [5.41, 5.74) is 3.01. The maximum absolute atomic E-state index is 13.6. The third kappa shape index (κ3) is 4.69. The van der Waals surface area contributed by atoms with Crippen LogP contribution in [0.3, 0.4) is 0 Å². The van der Waals surface area contributed by atoms with Gasteiger partial charge in [0.1, 0.15) is 18.7 Å². The number of amides is 2. The van der Waals surface area contributed by atoms with E-state index in [1.807, 2.05) is 48.5 Å². The second kappa shape index (κ2) is 8.90. The summed E-state index contributed by atoms with van der Waals surface area (Å²) >= 11 is 0. The number of fused-ring (bicyclic) bond motifs is 3. The van der Waals surface area contributed by atoms with Crippen LogP contribution in [0.1, 0.15) is 37.3 Å². The van der Waals surface area contributed by atoms with Gasteiger partial charge < -0.3 is 20.1 Å². The van der Waals surface area contributed by atoms with Crippen molar-refractivity contribution in [1.29, 1.82) is 0 Å². The Kier molecular flexibility index (Phi) is 6.25. The highest BCUT2D eigenvalue weighted by molar-refractivity contribution is 5.87. The Morgan fingerprint density at radius 3 is 2.11 bits per heavy atom. The van der Waals surface area contributed by atoms with E-state index in [0.717, 1.165) is 27.2 Å². The first kappa shape index (κ1) is 24.6. The van der Waals surface area contributed by atoms with Gasteiger partial charge in [0.2, 0.25) is 5.91 Å². The van der Waals surface area contributed by atoms with Gasteiger partial charge in [0.25, 0.3) is 0 Å². The van der Waals surface area contributed by atoms with Crippen LogP contribution in [0, 0.1) is 5.41 Å². The summed E-state index contributed by atoms with van der Waals surface area (Å²) < 4.78 is 46.0. The average Bonchev–Trinajstić information content (AvgIpc) is 3.08. The first-order valence-electron chi connectivity index (χ1n) is 11.1. The van der Waals surface area contributed by atoms with Crippen molar-refractivity contribution in [2.75, 3.05) is 13.2 Å². The van der Waals surface area contributed by atoms with E-state index in [0.29, 0.717) is 0 Å². The Labute approximate surface area is 199 Å². The number of alkyl carbamates (subject to hydrolysis) is 1. The van der Waals surface area contributed by atoms with E-state index in [4.69, 9.17) is 4.74 Å². The molecule has 1 aliphatic heterocycles. The lowest BCUT2D eigenvalue weighted by Crippen LogP contribution is -2.67. The lowest BCUT2D eigenvalue weighted by molar-refractivity contribution is -0.179. The summed E-state index contributed by atoms with van der Waals surface area (Å²) in [4.78, 5) is 37.2. The number of nitrogens with zero attached hydrogens (tertiary/aromatic N) is 1. The van der Waals surface area contributed by atoms with Crippen molar-refractivity contribution in [1.82, 2.24) is 10.2 Å². The molecule has 2 amide bonds. The summed E-state index contributed by atoms with van der Waals surface area (Å²) in [7, 11) is 0. The van der Waals surface area contributed by atoms with E-state index < -0.39 is 48.1 Å². The van der Waals surface area contributed by atoms with Crippen LogP contribution in [0.15, 0.2) is 48.5 Å². The zero-order valence-corrected chi connectivity index (χ0v) is 19.1. The minimum atomic E-state index is -4.93. The highest BCUT2D eigenvalue weighted by atomic mass is 19.4. The molecule has 4 rings (SSSR count). The Balaban J connectivity index is 1.41. The summed E-state index contributed by atoms with van der Waals surface area (Å²) in [5.74, 6) is -2.63. The number of ether oxygens (including phenoxy) is 1. The van der Waals surface area contributed by atoms with E-state index in [-0.39, 0.29) is 19.1 Å². The monoisotopic (exact) mass is 490 g/mol. The van der Waals surface area contributed by atoms with Crippen LogP contribution in [-0.4, -0.2) is 59.4 Å². The van der Waals surface area contributed by atoms with Crippen molar-refractivity contribution in [2.24, 2.45) is 5.41 Å². The molecule has 2 N–H and O–H groups in total. The average molecular weight is 490 g/mol. The molecule has 2 atom stereocenters. The van der Waals surface area contributed by atoms with Gasteiger partial charge >= 0.3 is 18.2 Å². The number of carbonyl (C=O) groups is 3. The molecule has 2 aromatic rings. The van der Waals surface area contributed by atoms with E-state index in [1.165, 1.54) is 0 Å². The fourth-order valence-electron chi connectivity index (χ4n) is 4.95. The third-order valence-corrected chi connectivity index (χ3v) is 6.59. The molecule has 2 unspecified atom stereocenters. The molecular weight excluding hydrogens is 465 g/mol. The van der Waals surface area contributed by atoms with Crippen molar-refractivity contribution in [3.05, 3.63) is 59.7 Å². The third-order valence-electron chi connectivity index (χ3n) is 6.59. The first-order valence-corrected chi connectivity index (χ1v) is 11.1. The van der Waals surface area contributed by atoms with Crippen LogP contribution in [0.25, 0.3) is 11.1 Å². The SMILES string of the molecule is CC1(C)CN(C(=O)CC(NC(=O)OCC2c3ccccc3-c3ccccc32)C(F)(F)F)C1C(=O)O. The van der Waals surface area contributed by atoms with Crippen LogP contribution in [-0.2, 0) is 14.3 Å². The summed E-state index contributed by atoms with van der Waals surface area (Å²) in [5, 5.41) is 11.1. The van der Waals surface area contributed by atoms with Gasteiger partial charge in [-0.3, -0.25) is 4.79 Å². The van der Waals surface area contributed by atoms with Crippen molar-refractivity contribution >= 4 is 18.0 Å². The number of alkyl halides is 3. The fourth-order valence-corrected chi connectivity index (χ4v) is 4.95. The maximum atomic E-state index is 13.6. The second-order valence-electron chi connectivity index (χ2n) is 9.52. The number of hydrogen-bond acceptors (Lipinski definition) is 4. The quantitative estimate of drug-likeness (QED) is 0.634. The smallest absolute Gasteiger partial charge is 0.409 e. The molecule has 1 aliphatic carbocycles. The van der Waals surface area contributed by atoms with Crippen molar-refractivity contribution in [3.8, 4) is 11.1 Å². The van der Waals surface area contributed by atoms with E-state index >= 15 is 0 Å². The molecule has 0 radical (unpaired) electrons. The molecule has 1 saturated heterocycles. The minimum absolute atomic E-state index is 0.0122. The summed E-state index contributed by atoms with van der Waals surface area (Å²) in [6, 6.07) is 11.3. The predicted octanol–water partition coefficient (Wildman–Crippen LogP) is 4.17.